The van der Waals surface area contributed by atoms with Crippen LogP contribution < -0.4 is 4.74 Å². The average molecular weight is 316 g/mol. The van der Waals surface area contributed by atoms with Gasteiger partial charge in [-0.3, -0.25) is 0 Å². The van der Waals surface area contributed by atoms with Gasteiger partial charge in [-0.25, -0.2) is 0 Å². The summed E-state index contributed by atoms with van der Waals surface area (Å²) >= 11 is 0. The van der Waals surface area contributed by atoms with Crippen LogP contribution in [0.5, 0.6) is 5.75 Å². The normalized spacial score (nSPS) is 17.8. The standard InChI is InChI=1S/C18H25BO4/c1-3-4-6-14(2)17-9-10-18(23-19(17)21)15-7-5-8-16(13-15)22-12-11-20/h5,7-9,13,18,20-21H,2-4,6,10-12H2,1H3/t18-/m0/s1. The Hall–Kier alpha value is -1.56. The molecule has 0 radical (unpaired) electrons. The van der Waals surface area contributed by atoms with Gasteiger partial charge in [0.15, 0.2) is 0 Å². The topological polar surface area (TPSA) is 58.9 Å². The lowest BCUT2D eigenvalue weighted by atomic mass is 9.70. The molecule has 4 nitrogen and oxygen atoms in total. The van der Waals surface area contributed by atoms with Gasteiger partial charge in [0.05, 0.1) is 12.7 Å². The van der Waals surface area contributed by atoms with E-state index in [-0.39, 0.29) is 19.3 Å². The predicted molar refractivity (Wildman–Crippen MR) is 92.2 cm³/mol. The van der Waals surface area contributed by atoms with Gasteiger partial charge in [0.2, 0.25) is 0 Å². The number of benzene rings is 1. The number of hydrogen-bond donors (Lipinski definition) is 2. The van der Waals surface area contributed by atoms with Crippen molar-refractivity contribution in [1.82, 2.24) is 0 Å². The second kappa shape index (κ2) is 8.92. The molecule has 2 N–H and O–H groups in total. The van der Waals surface area contributed by atoms with Crippen molar-refractivity contribution in [1.29, 1.82) is 0 Å². The Morgan fingerprint density at radius 3 is 3.00 bits per heavy atom. The third-order valence-corrected chi connectivity index (χ3v) is 3.94. The van der Waals surface area contributed by atoms with Crippen molar-refractivity contribution in [3.05, 3.63) is 53.5 Å². The Bertz CT molecular complexity index is 556. The van der Waals surface area contributed by atoms with Crippen molar-refractivity contribution in [3.8, 4) is 5.75 Å². The van der Waals surface area contributed by atoms with Gasteiger partial charge in [-0.15, -0.1) is 0 Å². The van der Waals surface area contributed by atoms with E-state index >= 15 is 0 Å². The Balaban J connectivity index is 2.04. The van der Waals surface area contributed by atoms with Crippen LogP contribution in [-0.4, -0.2) is 30.5 Å². The van der Waals surface area contributed by atoms with E-state index in [0.717, 1.165) is 35.9 Å². The summed E-state index contributed by atoms with van der Waals surface area (Å²) < 4.78 is 11.2. The summed E-state index contributed by atoms with van der Waals surface area (Å²) in [5.74, 6) is 0.691. The van der Waals surface area contributed by atoms with E-state index in [1.54, 1.807) is 0 Å². The minimum atomic E-state index is -0.930. The van der Waals surface area contributed by atoms with Gasteiger partial charge in [0, 0.05) is 0 Å². The SMILES string of the molecule is C=C(CCCC)C1=CC[C@@H](c2cccc(OCCO)c2)OB1O. The van der Waals surface area contributed by atoms with Crippen LogP contribution >= 0.6 is 0 Å². The smallest absolute Gasteiger partial charge is 0.491 e. The van der Waals surface area contributed by atoms with E-state index < -0.39 is 7.12 Å². The number of hydrogen-bond acceptors (Lipinski definition) is 4. The van der Waals surface area contributed by atoms with Gasteiger partial charge in [0.1, 0.15) is 12.4 Å². The van der Waals surface area contributed by atoms with Gasteiger partial charge in [-0.2, -0.15) is 0 Å². The molecular formula is C18H25BO4. The Kier molecular flexibility index (Phi) is 6.90. The van der Waals surface area contributed by atoms with Gasteiger partial charge in [-0.1, -0.05) is 43.7 Å². The zero-order valence-electron chi connectivity index (χ0n) is 13.7. The lowest BCUT2D eigenvalue weighted by Gasteiger charge is -2.26. The number of aliphatic hydroxyl groups is 1. The molecule has 1 aliphatic rings. The molecule has 1 atom stereocenters. The van der Waals surface area contributed by atoms with Crippen LogP contribution in [-0.2, 0) is 4.65 Å². The molecule has 0 aliphatic carbocycles. The first-order chi connectivity index (χ1) is 11.2. The highest BCUT2D eigenvalue weighted by atomic mass is 16.5. The van der Waals surface area contributed by atoms with Crippen LogP contribution in [0.15, 0.2) is 48.0 Å². The van der Waals surface area contributed by atoms with Gasteiger partial charge in [-0.05, 0) is 42.4 Å². The van der Waals surface area contributed by atoms with E-state index in [0.29, 0.717) is 12.2 Å². The number of unbranched alkanes of at least 4 members (excludes halogenated alkanes) is 1. The van der Waals surface area contributed by atoms with Crippen molar-refractivity contribution in [3.63, 3.8) is 0 Å². The quantitative estimate of drug-likeness (QED) is 0.723. The first-order valence-electron chi connectivity index (χ1n) is 8.21. The second-order valence-corrected chi connectivity index (χ2v) is 5.72. The van der Waals surface area contributed by atoms with E-state index in [9.17, 15) is 5.02 Å². The molecule has 5 heteroatoms. The van der Waals surface area contributed by atoms with Crippen molar-refractivity contribution in [2.75, 3.05) is 13.2 Å². The highest BCUT2D eigenvalue weighted by Gasteiger charge is 2.30. The molecule has 1 heterocycles. The summed E-state index contributed by atoms with van der Waals surface area (Å²) in [5.41, 5.74) is 2.72. The maximum Gasteiger partial charge on any atom is 0.491 e. The molecule has 0 spiro atoms. The highest BCUT2D eigenvalue weighted by Crippen LogP contribution is 2.33. The zero-order valence-corrected chi connectivity index (χ0v) is 13.7. The zero-order chi connectivity index (χ0) is 16.7. The van der Waals surface area contributed by atoms with E-state index in [2.05, 4.69) is 13.5 Å². The van der Waals surface area contributed by atoms with Crippen LogP contribution in [0.1, 0.15) is 44.3 Å². The fourth-order valence-electron chi connectivity index (χ4n) is 2.66. The minimum Gasteiger partial charge on any atom is -0.491 e. The maximum absolute atomic E-state index is 10.3. The monoisotopic (exact) mass is 316 g/mol. The van der Waals surface area contributed by atoms with Crippen LogP contribution in [0, 0.1) is 0 Å². The van der Waals surface area contributed by atoms with E-state index in [4.69, 9.17) is 14.5 Å². The molecule has 0 saturated heterocycles. The summed E-state index contributed by atoms with van der Waals surface area (Å²) in [5, 5.41) is 19.1. The van der Waals surface area contributed by atoms with Crippen molar-refractivity contribution in [2.45, 2.75) is 38.7 Å². The average Bonchev–Trinajstić information content (AvgIpc) is 2.58. The molecule has 0 aromatic heterocycles. The third kappa shape index (κ3) is 4.96. The number of rotatable bonds is 8. The van der Waals surface area contributed by atoms with Crippen LogP contribution in [0.3, 0.4) is 0 Å². The van der Waals surface area contributed by atoms with Crippen LogP contribution in [0.25, 0.3) is 0 Å². The Morgan fingerprint density at radius 1 is 1.48 bits per heavy atom. The molecule has 0 unspecified atom stereocenters. The first-order valence-corrected chi connectivity index (χ1v) is 8.21. The fourth-order valence-corrected chi connectivity index (χ4v) is 2.66. The Morgan fingerprint density at radius 2 is 2.30 bits per heavy atom. The molecule has 0 amide bonds. The van der Waals surface area contributed by atoms with Gasteiger partial charge >= 0.3 is 7.12 Å². The lowest BCUT2D eigenvalue weighted by molar-refractivity contribution is 0.167. The maximum atomic E-state index is 10.3. The summed E-state index contributed by atoms with van der Waals surface area (Å²) in [6, 6.07) is 7.56. The molecule has 1 aromatic carbocycles. The predicted octanol–water partition coefficient (Wildman–Crippen LogP) is 3.21. The third-order valence-electron chi connectivity index (χ3n) is 3.94. The van der Waals surface area contributed by atoms with Crippen LogP contribution in [0.2, 0.25) is 0 Å². The summed E-state index contributed by atoms with van der Waals surface area (Å²) in [7, 11) is -0.930. The number of allylic oxidation sites excluding steroid dienone is 2. The minimum absolute atomic E-state index is 0.0190. The van der Waals surface area contributed by atoms with E-state index in [1.807, 2.05) is 30.3 Å². The van der Waals surface area contributed by atoms with Gasteiger partial charge in [0.25, 0.3) is 0 Å². The molecular weight excluding hydrogens is 291 g/mol. The molecule has 23 heavy (non-hydrogen) atoms. The van der Waals surface area contributed by atoms with Crippen molar-refractivity contribution >= 4 is 7.12 Å². The second-order valence-electron chi connectivity index (χ2n) is 5.72. The fraction of sp³-hybridized carbons (Fsp3) is 0.444. The first kappa shape index (κ1) is 17.8. The largest absolute Gasteiger partial charge is 0.491 e. The van der Waals surface area contributed by atoms with Crippen molar-refractivity contribution in [2.24, 2.45) is 0 Å². The van der Waals surface area contributed by atoms with Crippen LogP contribution in [0.4, 0.5) is 0 Å². The van der Waals surface area contributed by atoms with E-state index in [1.165, 1.54) is 0 Å². The molecule has 1 aromatic rings. The molecule has 0 fully saturated rings. The molecule has 2 rings (SSSR count). The number of ether oxygens (including phenoxy) is 1. The number of aliphatic hydroxyl groups excluding tert-OH is 1. The highest BCUT2D eigenvalue weighted by molar-refractivity contribution is 6.54. The molecule has 1 aliphatic heterocycles. The lowest BCUT2D eigenvalue weighted by Crippen LogP contribution is -2.28. The molecule has 124 valence electrons. The van der Waals surface area contributed by atoms with Gasteiger partial charge < -0.3 is 19.5 Å². The summed E-state index contributed by atoms with van der Waals surface area (Å²) in [6.45, 7) is 6.44. The molecule has 0 saturated carbocycles. The summed E-state index contributed by atoms with van der Waals surface area (Å²) in [4.78, 5) is 0. The Labute approximate surface area is 138 Å². The molecule has 0 bridgehead atoms. The van der Waals surface area contributed by atoms with Crippen molar-refractivity contribution < 1.29 is 19.5 Å². The summed E-state index contributed by atoms with van der Waals surface area (Å²) in [6.07, 6.45) is 5.57.